The van der Waals surface area contributed by atoms with Crippen molar-refractivity contribution in [2.75, 3.05) is 11.9 Å². The number of carbonyl (C=O) groups excluding carboxylic acids is 1. The van der Waals surface area contributed by atoms with Crippen LogP contribution >= 0.6 is 0 Å². The fourth-order valence-electron chi connectivity index (χ4n) is 2.89. The van der Waals surface area contributed by atoms with Crippen LogP contribution in [0.4, 0.5) is 5.69 Å². The molecule has 1 amide bonds. The van der Waals surface area contributed by atoms with Crippen LogP contribution in [0.15, 0.2) is 42.5 Å². The molecule has 1 aliphatic carbocycles. The quantitative estimate of drug-likeness (QED) is 0.941. The Kier molecular flexibility index (Phi) is 4.58. The zero-order valence-electron chi connectivity index (χ0n) is 12.8. The molecule has 0 saturated heterocycles. The fourth-order valence-corrected chi connectivity index (χ4v) is 2.89. The molecule has 116 valence electrons. The molecule has 4 heteroatoms. The number of nitrogens with zero attached hydrogens (tertiary/aromatic N) is 1. The monoisotopic (exact) mass is 306 g/mol. The van der Waals surface area contributed by atoms with Crippen LogP contribution in [-0.4, -0.2) is 12.5 Å². The fraction of sp³-hybridized carbons (Fsp3) is 0.263. The lowest BCUT2D eigenvalue weighted by molar-refractivity contribution is -0.118. The van der Waals surface area contributed by atoms with Crippen molar-refractivity contribution in [1.29, 1.82) is 5.26 Å². The summed E-state index contributed by atoms with van der Waals surface area (Å²) in [4.78, 5) is 12.0. The van der Waals surface area contributed by atoms with Gasteiger partial charge < -0.3 is 10.1 Å². The zero-order chi connectivity index (χ0) is 16.1. The molecule has 0 spiro atoms. The van der Waals surface area contributed by atoms with Gasteiger partial charge in [-0.15, -0.1) is 0 Å². The van der Waals surface area contributed by atoms with E-state index >= 15 is 0 Å². The van der Waals surface area contributed by atoms with E-state index < -0.39 is 0 Å². The Morgan fingerprint density at radius 3 is 2.87 bits per heavy atom. The van der Waals surface area contributed by atoms with Crippen molar-refractivity contribution >= 4 is 11.6 Å². The number of carbonyl (C=O) groups is 1. The molecular weight excluding hydrogens is 288 g/mol. The summed E-state index contributed by atoms with van der Waals surface area (Å²) in [6, 6.07) is 14.9. The largest absolute Gasteiger partial charge is 0.483 e. The predicted molar refractivity (Wildman–Crippen MR) is 88.4 cm³/mol. The number of anilines is 1. The first-order valence-corrected chi connectivity index (χ1v) is 7.80. The van der Waals surface area contributed by atoms with E-state index in [1.165, 1.54) is 24.0 Å². The molecule has 1 aliphatic rings. The highest BCUT2D eigenvalue weighted by molar-refractivity contribution is 5.92. The second-order valence-electron chi connectivity index (χ2n) is 5.63. The second-order valence-corrected chi connectivity index (χ2v) is 5.63. The van der Waals surface area contributed by atoms with Crippen molar-refractivity contribution in [1.82, 2.24) is 0 Å². The lowest BCUT2D eigenvalue weighted by atomic mass is 9.91. The molecule has 0 unspecified atom stereocenters. The topological polar surface area (TPSA) is 62.1 Å². The summed E-state index contributed by atoms with van der Waals surface area (Å²) < 4.78 is 5.72. The van der Waals surface area contributed by atoms with Crippen LogP contribution in [-0.2, 0) is 17.6 Å². The molecule has 0 aliphatic heterocycles. The first kappa shape index (κ1) is 15.1. The van der Waals surface area contributed by atoms with Gasteiger partial charge in [0, 0.05) is 5.69 Å². The Hall–Kier alpha value is -2.80. The van der Waals surface area contributed by atoms with Crippen molar-refractivity contribution < 1.29 is 9.53 Å². The van der Waals surface area contributed by atoms with E-state index in [-0.39, 0.29) is 12.5 Å². The Morgan fingerprint density at radius 2 is 2.00 bits per heavy atom. The minimum atomic E-state index is -0.228. The van der Waals surface area contributed by atoms with Gasteiger partial charge >= 0.3 is 0 Å². The first-order valence-electron chi connectivity index (χ1n) is 7.80. The van der Waals surface area contributed by atoms with Gasteiger partial charge in [-0.3, -0.25) is 4.79 Å². The summed E-state index contributed by atoms with van der Waals surface area (Å²) in [6.45, 7) is -0.0345. The van der Waals surface area contributed by atoms with Gasteiger partial charge in [-0.1, -0.05) is 18.2 Å². The number of amides is 1. The highest BCUT2D eigenvalue weighted by atomic mass is 16.5. The van der Waals surface area contributed by atoms with Gasteiger partial charge in [-0.05, 0) is 61.1 Å². The van der Waals surface area contributed by atoms with E-state index in [4.69, 9.17) is 10.00 Å². The number of rotatable bonds is 4. The third kappa shape index (κ3) is 3.70. The molecule has 23 heavy (non-hydrogen) atoms. The zero-order valence-corrected chi connectivity index (χ0v) is 12.8. The van der Waals surface area contributed by atoms with Crippen LogP contribution in [0.25, 0.3) is 0 Å². The number of nitriles is 1. The van der Waals surface area contributed by atoms with Crippen LogP contribution in [0.2, 0.25) is 0 Å². The third-order valence-corrected chi connectivity index (χ3v) is 3.99. The minimum absolute atomic E-state index is 0.0345. The Morgan fingerprint density at radius 1 is 1.17 bits per heavy atom. The number of hydrogen-bond donors (Lipinski definition) is 1. The van der Waals surface area contributed by atoms with Crippen molar-refractivity contribution in [3.63, 3.8) is 0 Å². The first-order chi connectivity index (χ1) is 11.3. The number of ether oxygens (including phenoxy) is 1. The van der Waals surface area contributed by atoms with Gasteiger partial charge in [0.2, 0.25) is 0 Å². The lowest BCUT2D eigenvalue weighted by Crippen LogP contribution is -2.21. The summed E-state index contributed by atoms with van der Waals surface area (Å²) >= 11 is 0. The summed E-state index contributed by atoms with van der Waals surface area (Å²) in [6.07, 6.45) is 4.48. The van der Waals surface area contributed by atoms with E-state index in [1.54, 1.807) is 24.3 Å². The standard InChI is InChI=1S/C19H18N2O2/c20-12-14-5-3-8-16(11-14)21-19(22)13-23-18-10-4-7-15-6-1-2-9-17(15)18/h3-5,7-8,10-11H,1-2,6,9,13H2,(H,21,22). The molecule has 2 aromatic carbocycles. The smallest absolute Gasteiger partial charge is 0.262 e. The van der Waals surface area contributed by atoms with Gasteiger partial charge in [-0.2, -0.15) is 5.26 Å². The summed E-state index contributed by atoms with van der Waals surface area (Å²) in [5, 5.41) is 11.6. The molecule has 0 atom stereocenters. The van der Waals surface area contributed by atoms with Crippen LogP contribution in [0, 0.1) is 11.3 Å². The van der Waals surface area contributed by atoms with E-state index in [0.29, 0.717) is 11.3 Å². The van der Waals surface area contributed by atoms with E-state index in [9.17, 15) is 4.79 Å². The molecule has 0 saturated carbocycles. The Bertz CT molecular complexity index is 762. The molecule has 1 N–H and O–H groups in total. The van der Waals surface area contributed by atoms with Gasteiger partial charge in [0.05, 0.1) is 11.6 Å². The summed E-state index contributed by atoms with van der Waals surface area (Å²) in [7, 11) is 0. The average Bonchev–Trinajstić information content (AvgIpc) is 2.60. The van der Waals surface area contributed by atoms with E-state index in [0.717, 1.165) is 18.6 Å². The highest BCUT2D eigenvalue weighted by Crippen LogP contribution is 2.29. The van der Waals surface area contributed by atoms with Crippen LogP contribution in [0.5, 0.6) is 5.75 Å². The summed E-state index contributed by atoms with van der Waals surface area (Å²) in [5.74, 6) is 0.580. The molecular formula is C19H18N2O2. The van der Waals surface area contributed by atoms with Gasteiger partial charge in [0.25, 0.3) is 5.91 Å². The third-order valence-electron chi connectivity index (χ3n) is 3.99. The van der Waals surface area contributed by atoms with Gasteiger partial charge in [-0.25, -0.2) is 0 Å². The normalized spacial score (nSPS) is 12.8. The molecule has 2 aromatic rings. The maximum Gasteiger partial charge on any atom is 0.262 e. The van der Waals surface area contributed by atoms with E-state index in [1.807, 2.05) is 12.1 Å². The van der Waals surface area contributed by atoms with Crippen LogP contribution in [0.1, 0.15) is 29.5 Å². The van der Waals surface area contributed by atoms with E-state index in [2.05, 4.69) is 17.5 Å². The van der Waals surface area contributed by atoms with Crippen LogP contribution < -0.4 is 10.1 Å². The van der Waals surface area contributed by atoms with Crippen molar-refractivity contribution in [2.45, 2.75) is 25.7 Å². The van der Waals surface area contributed by atoms with Crippen molar-refractivity contribution in [3.05, 3.63) is 59.2 Å². The number of fused-ring (bicyclic) bond motifs is 1. The van der Waals surface area contributed by atoms with Gasteiger partial charge in [0.15, 0.2) is 6.61 Å². The molecule has 4 nitrogen and oxygen atoms in total. The molecule has 3 rings (SSSR count). The molecule has 0 aromatic heterocycles. The maximum absolute atomic E-state index is 12.0. The minimum Gasteiger partial charge on any atom is -0.483 e. The summed E-state index contributed by atoms with van der Waals surface area (Å²) in [5.41, 5.74) is 3.68. The highest BCUT2D eigenvalue weighted by Gasteiger charge is 2.14. The SMILES string of the molecule is N#Cc1cccc(NC(=O)COc2cccc3c2CCCC3)c1. The molecule has 0 heterocycles. The van der Waals surface area contributed by atoms with Crippen molar-refractivity contribution in [3.8, 4) is 11.8 Å². The molecule has 0 bridgehead atoms. The maximum atomic E-state index is 12.0. The lowest BCUT2D eigenvalue weighted by Gasteiger charge is -2.19. The number of hydrogen-bond acceptors (Lipinski definition) is 3. The number of nitrogens with one attached hydrogen (secondary N) is 1. The van der Waals surface area contributed by atoms with Crippen LogP contribution in [0.3, 0.4) is 0 Å². The predicted octanol–water partition coefficient (Wildman–Crippen LogP) is 3.45. The molecule has 0 radical (unpaired) electrons. The Labute approximate surface area is 135 Å². The second kappa shape index (κ2) is 6.97. The van der Waals surface area contributed by atoms with Gasteiger partial charge in [0.1, 0.15) is 5.75 Å². The molecule has 0 fully saturated rings. The average molecular weight is 306 g/mol. The Balaban J connectivity index is 1.62. The van der Waals surface area contributed by atoms with Crippen molar-refractivity contribution in [2.24, 2.45) is 0 Å². The number of benzene rings is 2. The number of aryl methyl sites for hydroxylation is 1.